The topological polar surface area (TPSA) is 70.7 Å². The summed E-state index contributed by atoms with van der Waals surface area (Å²) in [6, 6.07) is 16.4. The SMILES string of the molecule is O=C(Nc1ccc(N2CCNC2=O)cc1)OCc1ccccc1. The molecular weight excluding hydrogens is 294 g/mol. The Labute approximate surface area is 134 Å². The van der Waals surface area contributed by atoms with Crippen molar-refractivity contribution in [2.24, 2.45) is 0 Å². The summed E-state index contributed by atoms with van der Waals surface area (Å²) >= 11 is 0. The van der Waals surface area contributed by atoms with Crippen LogP contribution in [0.4, 0.5) is 21.0 Å². The molecule has 1 aliphatic heterocycles. The van der Waals surface area contributed by atoms with Crippen molar-refractivity contribution >= 4 is 23.5 Å². The van der Waals surface area contributed by atoms with E-state index in [2.05, 4.69) is 10.6 Å². The van der Waals surface area contributed by atoms with Crippen molar-refractivity contribution in [1.29, 1.82) is 0 Å². The molecule has 23 heavy (non-hydrogen) atoms. The maximum atomic E-state index is 11.8. The van der Waals surface area contributed by atoms with Gasteiger partial charge in [0.05, 0.1) is 0 Å². The molecule has 118 valence electrons. The molecule has 1 fully saturated rings. The lowest BCUT2D eigenvalue weighted by atomic mass is 10.2. The fourth-order valence-corrected chi connectivity index (χ4v) is 2.32. The number of rotatable bonds is 4. The lowest BCUT2D eigenvalue weighted by Crippen LogP contribution is -2.27. The first kappa shape index (κ1) is 14.9. The van der Waals surface area contributed by atoms with Gasteiger partial charge in [-0.25, -0.2) is 9.59 Å². The van der Waals surface area contributed by atoms with Crippen molar-refractivity contribution < 1.29 is 14.3 Å². The largest absolute Gasteiger partial charge is 0.444 e. The van der Waals surface area contributed by atoms with Crippen LogP contribution in [0.25, 0.3) is 0 Å². The van der Waals surface area contributed by atoms with Crippen LogP contribution in [0.3, 0.4) is 0 Å². The van der Waals surface area contributed by atoms with Gasteiger partial charge in [-0.15, -0.1) is 0 Å². The maximum Gasteiger partial charge on any atom is 0.411 e. The Hall–Kier alpha value is -3.02. The Morgan fingerprint density at radius 1 is 1.13 bits per heavy atom. The molecule has 6 nitrogen and oxygen atoms in total. The van der Waals surface area contributed by atoms with Crippen LogP contribution in [0.5, 0.6) is 0 Å². The molecule has 3 amide bonds. The van der Waals surface area contributed by atoms with E-state index in [4.69, 9.17) is 4.74 Å². The molecule has 3 rings (SSSR count). The first-order valence-corrected chi connectivity index (χ1v) is 7.35. The van der Waals surface area contributed by atoms with Crippen molar-refractivity contribution in [3.05, 3.63) is 60.2 Å². The van der Waals surface area contributed by atoms with Crippen molar-refractivity contribution in [3.8, 4) is 0 Å². The zero-order chi connectivity index (χ0) is 16.1. The van der Waals surface area contributed by atoms with Gasteiger partial charge in [0.2, 0.25) is 0 Å². The zero-order valence-corrected chi connectivity index (χ0v) is 12.5. The summed E-state index contributed by atoms with van der Waals surface area (Å²) in [5.41, 5.74) is 2.34. The number of anilines is 2. The van der Waals surface area contributed by atoms with Crippen LogP contribution in [-0.2, 0) is 11.3 Å². The number of nitrogens with one attached hydrogen (secondary N) is 2. The molecule has 2 aromatic rings. The zero-order valence-electron chi connectivity index (χ0n) is 12.5. The van der Waals surface area contributed by atoms with Crippen molar-refractivity contribution in [3.63, 3.8) is 0 Å². The van der Waals surface area contributed by atoms with Gasteiger partial charge in [-0.3, -0.25) is 10.2 Å². The van der Waals surface area contributed by atoms with Gasteiger partial charge < -0.3 is 10.1 Å². The number of amides is 3. The molecule has 6 heteroatoms. The number of nitrogens with zero attached hydrogens (tertiary/aromatic N) is 1. The number of ether oxygens (including phenoxy) is 1. The Morgan fingerprint density at radius 3 is 2.52 bits per heavy atom. The number of urea groups is 1. The highest BCUT2D eigenvalue weighted by Gasteiger charge is 2.20. The van der Waals surface area contributed by atoms with Gasteiger partial charge in [-0.1, -0.05) is 30.3 Å². The van der Waals surface area contributed by atoms with E-state index in [-0.39, 0.29) is 12.6 Å². The van der Waals surface area contributed by atoms with Gasteiger partial charge in [0.15, 0.2) is 0 Å². The number of benzene rings is 2. The molecule has 1 saturated heterocycles. The molecule has 2 aromatic carbocycles. The molecule has 0 atom stereocenters. The van der Waals surface area contributed by atoms with Gasteiger partial charge in [-0.2, -0.15) is 0 Å². The van der Waals surface area contributed by atoms with Crippen LogP contribution in [-0.4, -0.2) is 25.2 Å². The van der Waals surface area contributed by atoms with Gasteiger partial charge in [0.1, 0.15) is 6.61 Å². The normalized spacial score (nSPS) is 13.6. The van der Waals surface area contributed by atoms with Crippen molar-refractivity contribution in [2.45, 2.75) is 6.61 Å². The Morgan fingerprint density at radius 2 is 1.87 bits per heavy atom. The number of carbonyl (C=O) groups excluding carboxylic acids is 2. The molecule has 1 heterocycles. The molecule has 1 aliphatic rings. The highest BCUT2D eigenvalue weighted by atomic mass is 16.5. The Bertz CT molecular complexity index is 686. The molecular formula is C17H17N3O3. The summed E-state index contributed by atoms with van der Waals surface area (Å²) in [6.07, 6.45) is -0.513. The van der Waals surface area contributed by atoms with E-state index in [1.54, 1.807) is 29.2 Å². The van der Waals surface area contributed by atoms with E-state index in [0.717, 1.165) is 11.3 Å². The first-order valence-electron chi connectivity index (χ1n) is 7.35. The quantitative estimate of drug-likeness (QED) is 0.912. The summed E-state index contributed by atoms with van der Waals surface area (Å²) in [4.78, 5) is 25.0. The van der Waals surface area contributed by atoms with Gasteiger partial charge in [0, 0.05) is 24.5 Å². The minimum Gasteiger partial charge on any atom is -0.444 e. The minimum atomic E-state index is -0.513. The van der Waals surface area contributed by atoms with Gasteiger partial charge in [-0.05, 0) is 29.8 Å². The smallest absolute Gasteiger partial charge is 0.411 e. The van der Waals surface area contributed by atoms with E-state index >= 15 is 0 Å². The summed E-state index contributed by atoms with van der Waals surface area (Å²) < 4.78 is 5.15. The van der Waals surface area contributed by atoms with Crippen molar-refractivity contribution in [1.82, 2.24) is 5.32 Å². The highest BCUT2D eigenvalue weighted by Crippen LogP contribution is 2.19. The van der Waals surface area contributed by atoms with Crippen LogP contribution in [0, 0.1) is 0 Å². The van der Waals surface area contributed by atoms with Crippen LogP contribution in [0.1, 0.15) is 5.56 Å². The number of hydrogen-bond acceptors (Lipinski definition) is 3. The molecule has 0 radical (unpaired) electrons. The Balaban J connectivity index is 1.53. The standard InChI is InChI=1S/C17H17N3O3/c21-16-18-10-11-20(16)15-8-6-14(7-9-15)19-17(22)23-12-13-4-2-1-3-5-13/h1-9H,10-12H2,(H,18,21)(H,19,22). The van der Waals surface area contributed by atoms with E-state index in [9.17, 15) is 9.59 Å². The predicted molar refractivity (Wildman–Crippen MR) is 87.4 cm³/mol. The molecule has 2 N–H and O–H groups in total. The average molecular weight is 311 g/mol. The third kappa shape index (κ3) is 3.79. The second-order valence-corrected chi connectivity index (χ2v) is 5.12. The maximum absolute atomic E-state index is 11.8. The molecule has 0 bridgehead atoms. The molecule has 0 spiro atoms. The van der Waals surface area contributed by atoms with Crippen LogP contribution in [0.2, 0.25) is 0 Å². The highest BCUT2D eigenvalue weighted by molar-refractivity contribution is 5.94. The summed E-state index contributed by atoms with van der Waals surface area (Å²) in [5, 5.41) is 5.41. The summed E-state index contributed by atoms with van der Waals surface area (Å²) in [5.74, 6) is 0. The second kappa shape index (κ2) is 6.83. The van der Waals surface area contributed by atoms with Crippen LogP contribution < -0.4 is 15.5 Å². The lowest BCUT2D eigenvalue weighted by molar-refractivity contribution is 0.155. The lowest BCUT2D eigenvalue weighted by Gasteiger charge is -2.14. The number of carbonyl (C=O) groups is 2. The van der Waals surface area contributed by atoms with E-state index in [1.807, 2.05) is 30.3 Å². The molecule has 0 unspecified atom stereocenters. The fraction of sp³-hybridized carbons (Fsp3) is 0.176. The monoisotopic (exact) mass is 311 g/mol. The first-order chi connectivity index (χ1) is 11.2. The molecule has 0 saturated carbocycles. The Kier molecular flexibility index (Phi) is 4.42. The second-order valence-electron chi connectivity index (χ2n) is 5.12. The average Bonchev–Trinajstić information content (AvgIpc) is 3.01. The predicted octanol–water partition coefficient (Wildman–Crippen LogP) is 2.96. The van der Waals surface area contributed by atoms with Crippen LogP contribution in [0.15, 0.2) is 54.6 Å². The third-order valence-corrected chi connectivity index (χ3v) is 3.49. The van der Waals surface area contributed by atoms with Gasteiger partial charge >= 0.3 is 12.1 Å². The van der Waals surface area contributed by atoms with Crippen molar-refractivity contribution in [2.75, 3.05) is 23.3 Å². The summed E-state index contributed by atoms with van der Waals surface area (Å²) in [7, 11) is 0. The molecule has 0 aliphatic carbocycles. The number of hydrogen-bond donors (Lipinski definition) is 2. The van der Waals surface area contributed by atoms with E-state index in [1.165, 1.54) is 0 Å². The minimum absolute atomic E-state index is 0.104. The molecule has 0 aromatic heterocycles. The van der Waals surface area contributed by atoms with Gasteiger partial charge in [0.25, 0.3) is 0 Å². The van der Waals surface area contributed by atoms with Crippen LogP contribution >= 0.6 is 0 Å². The summed E-state index contributed by atoms with van der Waals surface area (Å²) in [6.45, 7) is 1.51. The third-order valence-electron chi connectivity index (χ3n) is 3.49. The van der Waals surface area contributed by atoms with E-state index < -0.39 is 6.09 Å². The van der Waals surface area contributed by atoms with E-state index in [0.29, 0.717) is 18.8 Å². The fourth-order valence-electron chi connectivity index (χ4n) is 2.32.